The van der Waals surface area contributed by atoms with Crippen molar-refractivity contribution in [3.05, 3.63) is 0 Å². The van der Waals surface area contributed by atoms with Gasteiger partial charge in [-0.05, 0) is 56.9 Å². The van der Waals surface area contributed by atoms with Gasteiger partial charge < -0.3 is 10.2 Å². The lowest BCUT2D eigenvalue weighted by Crippen LogP contribution is -2.36. The topological polar surface area (TPSA) is 15.3 Å². The SMILES string of the molecule is CN(CCNC1CC1)CC1CCC2CCCCC2C1. The number of likely N-dealkylation sites (N-methyl/N-ethyl adjacent to an activating group) is 1. The van der Waals surface area contributed by atoms with Gasteiger partial charge in [0.15, 0.2) is 0 Å². The fourth-order valence-electron chi connectivity index (χ4n) is 4.42. The van der Waals surface area contributed by atoms with Gasteiger partial charge in [-0.2, -0.15) is 0 Å². The maximum atomic E-state index is 3.63. The van der Waals surface area contributed by atoms with E-state index in [0.717, 1.165) is 23.8 Å². The molecule has 0 spiro atoms. The Bertz CT molecular complexity index is 274. The molecule has 3 rings (SSSR count). The largest absolute Gasteiger partial charge is 0.313 e. The summed E-state index contributed by atoms with van der Waals surface area (Å²) in [6, 6.07) is 0.867. The Labute approximate surface area is 119 Å². The Morgan fingerprint density at radius 2 is 1.74 bits per heavy atom. The summed E-state index contributed by atoms with van der Waals surface area (Å²) >= 11 is 0. The van der Waals surface area contributed by atoms with E-state index in [1.807, 2.05) is 0 Å². The summed E-state index contributed by atoms with van der Waals surface area (Å²) in [5.41, 5.74) is 0. The second kappa shape index (κ2) is 6.58. The molecule has 3 atom stereocenters. The van der Waals surface area contributed by atoms with E-state index < -0.39 is 0 Å². The standard InChI is InChI=1S/C17H32N2/c1-19(11-10-18-17-8-9-17)13-14-6-7-15-4-2-3-5-16(15)12-14/h14-18H,2-13H2,1H3. The van der Waals surface area contributed by atoms with Crippen LogP contribution in [0.25, 0.3) is 0 Å². The van der Waals surface area contributed by atoms with Crippen LogP contribution in [0, 0.1) is 17.8 Å². The molecule has 0 heterocycles. The maximum Gasteiger partial charge on any atom is 0.0104 e. The van der Waals surface area contributed by atoms with Gasteiger partial charge in [0, 0.05) is 25.7 Å². The van der Waals surface area contributed by atoms with E-state index in [1.54, 1.807) is 6.42 Å². The molecular weight excluding hydrogens is 232 g/mol. The van der Waals surface area contributed by atoms with Crippen LogP contribution in [0.15, 0.2) is 0 Å². The molecule has 0 saturated heterocycles. The van der Waals surface area contributed by atoms with Crippen LogP contribution in [0.1, 0.15) is 57.8 Å². The van der Waals surface area contributed by atoms with Crippen molar-refractivity contribution < 1.29 is 0 Å². The van der Waals surface area contributed by atoms with Crippen molar-refractivity contribution in [1.29, 1.82) is 0 Å². The monoisotopic (exact) mass is 264 g/mol. The van der Waals surface area contributed by atoms with Gasteiger partial charge in [-0.1, -0.05) is 25.7 Å². The molecule has 0 aromatic carbocycles. The van der Waals surface area contributed by atoms with E-state index in [4.69, 9.17) is 0 Å². The normalized spacial score (nSPS) is 35.4. The predicted molar refractivity (Wildman–Crippen MR) is 81.3 cm³/mol. The van der Waals surface area contributed by atoms with Gasteiger partial charge in [0.2, 0.25) is 0 Å². The second-order valence-electron chi connectivity index (χ2n) is 7.47. The summed E-state index contributed by atoms with van der Waals surface area (Å²) in [5, 5.41) is 3.63. The number of fused-ring (bicyclic) bond motifs is 1. The van der Waals surface area contributed by atoms with Crippen LogP contribution in [0.5, 0.6) is 0 Å². The molecule has 0 bridgehead atoms. The Morgan fingerprint density at radius 1 is 0.947 bits per heavy atom. The molecule has 3 unspecified atom stereocenters. The minimum Gasteiger partial charge on any atom is -0.313 e. The van der Waals surface area contributed by atoms with Crippen molar-refractivity contribution >= 4 is 0 Å². The van der Waals surface area contributed by atoms with E-state index in [9.17, 15) is 0 Å². The Hall–Kier alpha value is -0.0800. The zero-order chi connectivity index (χ0) is 13.1. The second-order valence-corrected chi connectivity index (χ2v) is 7.47. The van der Waals surface area contributed by atoms with Crippen molar-refractivity contribution in [2.45, 2.75) is 63.8 Å². The Balaban J connectivity index is 1.34. The van der Waals surface area contributed by atoms with Crippen molar-refractivity contribution in [2.24, 2.45) is 17.8 Å². The zero-order valence-electron chi connectivity index (χ0n) is 12.7. The number of hydrogen-bond acceptors (Lipinski definition) is 2. The van der Waals surface area contributed by atoms with Crippen molar-refractivity contribution in [3.8, 4) is 0 Å². The summed E-state index contributed by atoms with van der Waals surface area (Å²) in [4.78, 5) is 2.57. The Kier molecular flexibility index (Phi) is 4.81. The highest BCUT2D eigenvalue weighted by Gasteiger charge is 2.32. The van der Waals surface area contributed by atoms with Crippen LogP contribution in [0.4, 0.5) is 0 Å². The Morgan fingerprint density at radius 3 is 2.53 bits per heavy atom. The maximum absolute atomic E-state index is 3.63. The van der Waals surface area contributed by atoms with E-state index in [-0.39, 0.29) is 0 Å². The van der Waals surface area contributed by atoms with E-state index in [0.29, 0.717) is 0 Å². The highest BCUT2D eigenvalue weighted by atomic mass is 15.1. The van der Waals surface area contributed by atoms with E-state index in [2.05, 4.69) is 17.3 Å². The number of nitrogens with zero attached hydrogens (tertiary/aromatic N) is 1. The fraction of sp³-hybridized carbons (Fsp3) is 1.00. The number of hydrogen-bond donors (Lipinski definition) is 1. The first-order valence-corrected chi connectivity index (χ1v) is 8.73. The number of rotatable bonds is 6. The van der Waals surface area contributed by atoms with Gasteiger partial charge in [-0.3, -0.25) is 0 Å². The summed E-state index contributed by atoms with van der Waals surface area (Å²) in [6.45, 7) is 3.77. The molecule has 3 aliphatic carbocycles. The van der Waals surface area contributed by atoms with Gasteiger partial charge in [-0.15, -0.1) is 0 Å². The molecule has 19 heavy (non-hydrogen) atoms. The molecular formula is C17H32N2. The molecule has 2 heteroatoms. The molecule has 1 N–H and O–H groups in total. The average molecular weight is 264 g/mol. The minimum atomic E-state index is 0.867. The smallest absolute Gasteiger partial charge is 0.0104 e. The summed E-state index contributed by atoms with van der Waals surface area (Å²) in [5.74, 6) is 3.18. The lowest BCUT2D eigenvalue weighted by atomic mass is 9.67. The third-order valence-electron chi connectivity index (χ3n) is 5.72. The molecule has 0 aromatic heterocycles. The summed E-state index contributed by atoms with van der Waals surface area (Å²) < 4.78 is 0. The van der Waals surface area contributed by atoms with E-state index >= 15 is 0 Å². The van der Waals surface area contributed by atoms with Crippen molar-refractivity contribution in [1.82, 2.24) is 10.2 Å². The van der Waals surface area contributed by atoms with Crippen LogP contribution >= 0.6 is 0 Å². The molecule has 110 valence electrons. The van der Waals surface area contributed by atoms with Crippen LogP contribution in [-0.4, -0.2) is 37.6 Å². The first kappa shape index (κ1) is 13.9. The zero-order valence-corrected chi connectivity index (χ0v) is 12.7. The fourth-order valence-corrected chi connectivity index (χ4v) is 4.42. The third-order valence-corrected chi connectivity index (χ3v) is 5.72. The molecule has 0 aliphatic heterocycles. The number of nitrogens with one attached hydrogen (secondary N) is 1. The van der Waals surface area contributed by atoms with Crippen LogP contribution in [-0.2, 0) is 0 Å². The summed E-state index contributed by atoms with van der Waals surface area (Å²) in [7, 11) is 2.32. The highest BCUT2D eigenvalue weighted by Crippen LogP contribution is 2.42. The third kappa shape index (κ3) is 4.19. The summed E-state index contributed by atoms with van der Waals surface area (Å²) in [6.07, 6.45) is 13.5. The molecule has 3 aliphatic rings. The molecule has 0 amide bonds. The average Bonchev–Trinajstić information content (AvgIpc) is 3.23. The lowest BCUT2D eigenvalue weighted by molar-refractivity contribution is 0.110. The lowest BCUT2D eigenvalue weighted by Gasteiger charge is -2.40. The van der Waals surface area contributed by atoms with Crippen LogP contribution < -0.4 is 5.32 Å². The molecule has 0 aromatic rings. The minimum absolute atomic E-state index is 0.867. The molecule has 3 fully saturated rings. The van der Waals surface area contributed by atoms with Crippen LogP contribution in [0.3, 0.4) is 0 Å². The van der Waals surface area contributed by atoms with Gasteiger partial charge in [0.25, 0.3) is 0 Å². The molecule has 2 nitrogen and oxygen atoms in total. The molecule has 0 radical (unpaired) electrons. The molecule has 3 saturated carbocycles. The predicted octanol–water partition coefficient (Wildman–Crippen LogP) is 3.28. The quantitative estimate of drug-likeness (QED) is 0.792. The van der Waals surface area contributed by atoms with Gasteiger partial charge in [0.05, 0.1) is 0 Å². The first-order valence-electron chi connectivity index (χ1n) is 8.73. The van der Waals surface area contributed by atoms with Crippen molar-refractivity contribution in [2.75, 3.05) is 26.7 Å². The highest BCUT2D eigenvalue weighted by molar-refractivity contribution is 4.84. The van der Waals surface area contributed by atoms with E-state index in [1.165, 1.54) is 71.0 Å². The van der Waals surface area contributed by atoms with Gasteiger partial charge >= 0.3 is 0 Å². The van der Waals surface area contributed by atoms with Gasteiger partial charge in [-0.25, -0.2) is 0 Å². The first-order chi connectivity index (χ1) is 9.31. The van der Waals surface area contributed by atoms with Crippen LogP contribution in [0.2, 0.25) is 0 Å². The van der Waals surface area contributed by atoms with Crippen molar-refractivity contribution in [3.63, 3.8) is 0 Å². The van der Waals surface area contributed by atoms with Gasteiger partial charge in [0.1, 0.15) is 0 Å².